The Morgan fingerprint density at radius 2 is 1.95 bits per heavy atom. The van der Waals surface area contributed by atoms with E-state index in [0.29, 0.717) is 25.3 Å². The van der Waals surface area contributed by atoms with Gasteiger partial charge in [0.25, 0.3) is 0 Å². The van der Waals surface area contributed by atoms with Crippen molar-refractivity contribution in [1.29, 1.82) is 0 Å². The van der Waals surface area contributed by atoms with Crippen LogP contribution in [0.25, 0.3) is 0 Å². The molecule has 0 bridgehead atoms. The smallest absolute Gasteiger partial charge is 0.303 e. The lowest BCUT2D eigenvalue weighted by atomic mass is 10.2. The number of nitrogens with one attached hydrogen (secondary N) is 1. The van der Waals surface area contributed by atoms with E-state index in [1.807, 2.05) is 12.1 Å². The van der Waals surface area contributed by atoms with Crippen LogP contribution in [0.5, 0.6) is 5.75 Å². The highest BCUT2D eigenvalue weighted by atomic mass is 16.5. The van der Waals surface area contributed by atoms with Gasteiger partial charge in [0.1, 0.15) is 11.9 Å². The zero-order valence-electron chi connectivity index (χ0n) is 12.3. The molecule has 0 aliphatic rings. The van der Waals surface area contributed by atoms with E-state index in [-0.39, 0.29) is 12.3 Å². The van der Waals surface area contributed by atoms with Crippen LogP contribution in [-0.4, -0.2) is 36.8 Å². The number of carbonyl (C=O) groups excluding carboxylic acids is 1. The first kappa shape index (κ1) is 17.0. The van der Waals surface area contributed by atoms with Crippen molar-refractivity contribution in [1.82, 2.24) is 5.32 Å². The number of ether oxygens (including phenoxy) is 2. The Hall–Kier alpha value is -2.08. The first-order chi connectivity index (χ1) is 10.0. The van der Waals surface area contributed by atoms with E-state index >= 15 is 0 Å². The van der Waals surface area contributed by atoms with Gasteiger partial charge in [0.15, 0.2) is 0 Å². The average Bonchev–Trinajstić information content (AvgIpc) is 2.49. The Balaban J connectivity index is 2.33. The number of amides is 1. The molecule has 0 heterocycles. The highest BCUT2D eigenvalue weighted by Gasteiger charge is 2.10. The quantitative estimate of drug-likeness (QED) is 0.676. The third-order valence-corrected chi connectivity index (χ3v) is 2.92. The van der Waals surface area contributed by atoms with Gasteiger partial charge in [-0.1, -0.05) is 12.1 Å². The average molecular weight is 295 g/mol. The summed E-state index contributed by atoms with van der Waals surface area (Å²) < 4.78 is 10.3. The topological polar surface area (TPSA) is 84.9 Å². The lowest BCUT2D eigenvalue weighted by Crippen LogP contribution is -2.33. The Morgan fingerprint density at radius 3 is 2.52 bits per heavy atom. The second-order valence-electron chi connectivity index (χ2n) is 4.59. The molecule has 0 saturated heterocycles. The number of carboxylic acids is 1. The number of benzene rings is 1. The third kappa shape index (κ3) is 6.76. The summed E-state index contributed by atoms with van der Waals surface area (Å²) in [6.07, 6.45) is 0.103. The number of carboxylic acid groups (broad SMARTS) is 1. The van der Waals surface area contributed by atoms with E-state index in [4.69, 9.17) is 14.6 Å². The molecule has 116 valence electrons. The fourth-order valence-corrected chi connectivity index (χ4v) is 1.56. The van der Waals surface area contributed by atoms with Gasteiger partial charge in [-0.25, -0.2) is 0 Å². The minimum atomic E-state index is -0.824. The maximum absolute atomic E-state index is 11.5. The predicted octanol–water partition coefficient (Wildman–Crippen LogP) is 1.58. The molecule has 0 aliphatic carbocycles. The first-order valence-electron chi connectivity index (χ1n) is 6.77. The number of rotatable bonds is 9. The van der Waals surface area contributed by atoms with E-state index in [1.54, 1.807) is 19.1 Å². The van der Waals surface area contributed by atoms with Gasteiger partial charge in [-0.15, -0.1) is 0 Å². The minimum absolute atomic E-state index is 0.0990. The Bertz CT molecular complexity index is 458. The summed E-state index contributed by atoms with van der Waals surface area (Å²) in [6, 6.07) is 7.29. The molecular weight excluding hydrogens is 274 g/mol. The van der Waals surface area contributed by atoms with Gasteiger partial charge < -0.3 is 19.9 Å². The van der Waals surface area contributed by atoms with Crippen LogP contribution in [-0.2, 0) is 20.9 Å². The van der Waals surface area contributed by atoms with E-state index in [2.05, 4.69) is 5.32 Å². The van der Waals surface area contributed by atoms with Crippen LogP contribution in [0.4, 0.5) is 0 Å². The summed E-state index contributed by atoms with van der Waals surface area (Å²) in [5.74, 6) is -0.304. The molecule has 0 aliphatic heterocycles. The van der Waals surface area contributed by atoms with Gasteiger partial charge in [0, 0.05) is 20.1 Å². The number of aliphatic carboxylic acids is 1. The van der Waals surface area contributed by atoms with Crippen LogP contribution in [0.2, 0.25) is 0 Å². The molecule has 6 nitrogen and oxygen atoms in total. The summed E-state index contributed by atoms with van der Waals surface area (Å²) in [5, 5.41) is 11.3. The molecule has 1 unspecified atom stereocenters. The van der Waals surface area contributed by atoms with Crippen molar-refractivity contribution in [3.63, 3.8) is 0 Å². The number of hydrogen-bond donors (Lipinski definition) is 2. The fourth-order valence-electron chi connectivity index (χ4n) is 1.56. The molecule has 2 N–H and O–H groups in total. The van der Waals surface area contributed by atoms with Gasteiger partial charge in [0.05, 0.1) is 6.61 Å². The van der Waals surface area contributed by atoms with Crippen molar-refractivity contribution in [2.24, 2.45) is 0 Å². The molecule has 21 heavy (non-hydrogen) atoms. The SMILES string of the molecule is COC(C)C(=O)NCc1ccc(OCCCC(=O)O)cc1. The molecule has 0 radical (unpaired) electrons. The number of carbonyl (C=O) groups is 2. The van der Waals surface area contributed by atoms with E-state index in [0.717, 1.165) is 5.56 Å². The molecule has 6 heteroatoms. The second-order valence-corrected chi connectivity index (χ2v) is 4.59. The van der Waals surface area contributed by atoms with Crippen molar-refractivity contribution >= 4 is 11.9 Å². The maximum Gasteiger partial charge on any atom is 0.303 e. The zero-order valence-corrected chi connectivity index (χ0v) is 12.3. The minimum Gasteiger partial charge on any atom is -0.494 e. The Kier molecular flexibility index (Phi) is 7.25. The first-order valence-corrected chi connectivity index (χ1v) is 6.77. The standard InChI is InChI=1S/C15H21NO5/c1-11(20-2)15(19)16-10-12-5-7-13(8-6-12)21-9-3-4-14(17)18/h5-8,11H,3-4,9-10H2,1-2H3,(H,16,19)(H,17,18). The van der Waals surface area contributed by atoms with Gasteiger partial charge >= 0.3 is 5.97 Å². The van der Waals surface area contributed by atoms with Crippen LogP contribution in [0.3, 0.4) is 0 Å². The number of hydrogen-bond acceptors (Lipinski definition) is 4. The summed E-state index contributed by atoms with van der Waals surface area (Å²) in [6.45, 7) is 2.48. The summed E-state index contributed by atoms with van der Waals surface area (Å²) in [7, 11) is 1.49. The van der Waals surface area contributed by atoms with Gasteiger partial charge in [0.2, 0.25) is 5.91 Å². The molecule has 0 aromatic heterocycles. The van der Waals surface area contributed by atoms with Gasteiger partial charge in [-0.2, -0.15) is 0 Å². The van der Waals surface area contributed by atoms with Crippen molar-refractivity contribution in [2.75, 3.05) is 13.7 Å². The molecule has 0 fully saturated rings. The molecule has 1 aromatic rings. The van der Waals surface area contributed by atoms with Crippen molar-refractivity contribution in [2.45, 2.75) is 32.4 Å². The molecule has 0 saturated carbocycles. The molecular formula is C15H21NO5. The summed E-state index contributed by atoms with van der Waals surface area (Å²) in [5.41, 5.74) is 0.949. The third-order valence-electron chi connectivity index (χ3n) is 2.92. The van der Waals surface area contributed by atoms with Gasteiger partial charge in [-0.05, 0) is 31.0 Å². The summed E-state index contributed by atoms with van der Waals surface area (Å²) >= 11 is 0. The predicted molar refractivity (Wildman–Crippen MR) is 77.1 cm³/mol. The van der Waals surface area contributed by atoms with Crippen LogP contribution >= 0.6 is 0 Å². The van der Waals surface area contributed by atoms with E-state index in [1.165, 1.54) is 7.11 Å². The lowest BCUT2D eigenvalue weighted by Gasteiger charge is -2.11. The molecule has 1 rings (SSSR count). The van der Waals surface area contributed by atoms with E-state index in [9.17, 15) is 9.59 Å². The highest BCUT2D eigenvalue weighted by molar-refractivity contribution is 5.80. The van der Waals surface area contributed by atoms with Gasteiger partial charge in [-0.3, -0.25) is 9.59 Å². The maximum atomic E-state index is 11.5. The van der Waals surface area contributed by atoms with Crippen LogP contribution in [0, 0.1) is 0 Å². The highest BCUT2D eigenvalue weighted by Crippen LogP contribution is 2.12. The van der Waals surface area contributed by atoms with Crippen LogP contribution in [0.1, 0.15) is 25.3 Å². The molecule has 1 amide bonds. The normalized spacial score (nSPS) is 11.7. The monoisotopic (exact) mass is 295 g/mol. The second kappa shape index (κ2) is 8.97. The zero-order chi connectivity index (χ0) is 15.7. The number of methoxy groups -OCH3 is 1. The van der Waals surface area contributed by atoms with E-state index < -0.39 is 12.1 Å². The lowest BCUT2D eigenvalue weighted by molar-refractivity contribution is -0.137. The fraction of sp³-hybridized carbons (Fsp3) is 0.467. The molecule has 1 atom stereocenters. The van der Waals surface area contributed by atoms with Crippen LogP contribution < -0.4 is 10.1 Å². The molecule has 1 aromatic carbocycles. The van der Waals surface area contributed by atoms with Crippen molar-refractivity contribution in [3.8, 4) is 5.75 Å². The summed E-state index contributed by atoms with van der Waals surface area (Å²) in [4.78, 5) is 21.9. The Morgan fingerprint density at radius 1 is 1.29 bits per heavy atom. The van der Waals surface area contributed by atoms with Crippen molar-refractivity contribution < 1.29 is 24.2 Å². The largest absolute Gasteiger partial charge is 0.494 e. The van der Waals surface area contributed by atoms with Crippen LogP contribution in [0.15, 0.2) is 24.3 Å². The molecule has 0 spiro atoms. The van der Waals surface area contributed by atoms with Crippen molar-refractivity contribution in [3.05, 3.63) is 29.8 Å². The Labute approximate surface area is 124 Å².